The zero-order valence-electron chi connectivity index (χ0n) is 12.0. The number of nitrogens with zero attached hydrogens (tertiary/aromatic N) is 3. The Morgan fingerprint density at radius 1 is 1.13 bits per heavy atom. The molecule has 1 aromatic rings. The van der Waals surface area contributed by atoms with Gasteiger partial charge < -0.3 is 9.64 Å². The molecular formula is C12H13Cl2N3O6. The third-order valence-electron chi connectivity index (χ3n) is 2.94. The number of rotatable bonds is 8. The van der Waals surface area contributed by atoms with Crippen molar-refractivity contribution in [2.75, 3.05) is 36.9 Å². The lowest BCUT2D eigenvalue weighted by Crippen LogP contribution is -2.28. The van der Waals surface area contributed by atoms with Gasteiger partial charge in [0.2, 0.25) is 0 Å². The van der Waals surface area contributed by atoms with E-state index in [1.165, 1.54) is 4.90 Å². The molecule has 0 spiro atoms. The van der Waals surface area contributed by atoms with Crippen molar-refractivity contribution < 1.29 is 19.4 Å². The maximum Gasteiger partial charge on any atom is 0.344 e. The second-order valence-electron chi connectivity index (χ2n) is 4.23. The number of carbonyl (C=O) groups excluding carboxylic acids is 1. The molecule has 0 bridgehead atoms. The number of hydrogen-bond acceptors (Lipinski definition) is 7. The molecule has 1 aromatic carbocycles. The van der Waals surface area contributed by atoms with Crippen LogP contribution in [0.1, 0.15) is 10.4 Å². The Hall–Kier alpha value is -2.13. The summed E-state index contributed by atoms with van der Waals surface area (Å²) >= 11 is 11.3. The van der Waals surface area contributed by atoms with E-state index in [4.69, 9.17) is 23.2 Å². The Balaban J connectivity index is 3.61. The summed E-state index contributed by atoms with van der Waals surface area (Å²) in [5, 5.41) is 22.3. The highest BCUT2D eigenvalue weighted by Crippen LogP contribution is 2.35. The van der Waals surface area contributed by atoms with Gasteiger partial charge in [-0.05, 0) is 6.07 Å². The molecule has 0 unspecified atom stereocenters. The molecule has 0 aromatic heterocycles. The Bertz CT molecular complexity index is 619. The van der Waals surface area contributed by atoms with Crippen LogP contribution in [0.3, 0.4) is 0 Å². The molecular weight excluding hydrogens is 353 g/mol. The first-order valence-corrected chi connectivity index (χ1v) is 7.36. The van der Waals surface area contributed by atoms with E-state index in [0.717, 1.165) is 19.2 Å². The maximum atomic E-state index is 11.7. The SMILES string of the molecule is COC(=O)c1cc(N(CCCl)CCCl)c([N+](=O)[O-])cc1[N+](=O)[O-]. The van der Waals surface area contributed by atoms with Gasteiger partial charge in [-0.15, -0.1) is 23.2 Å². The summed E-state index contributed by atoms with van der Waals surface area (Å²) < 4.78 is 4.50. The van der Waals surface area contributed by atoms with Crippen molar-refractivity contribution in [1.82, 2.24) is 0 Å². The normalized spacial score (nSPS) is 10.2. The zero-order valence-corrected chi connectivity index (χ0v) is 13.5. The first-order valence-electron chi connectivity index (χ1n) is 6.29. The lowest BCUT2D eigenvalue weighted by Gasteiger charge is -2.22. The number of anilines is 1. The van der Waals surface area contributed by atoms with Crippen LogP contribution in [0, 0.1) is 20.2 Å². The van der Waals surface area contributed by atoms with Gasteiger partial charge in [-0.1, -0.05) is 0 Å². The number of alkyl halides is 2. The van der Waals surface area contributed by atoms with E-state index in [1.54, 1.807) is 0 Å². The predicted molar refractivity (Wildman–Crippen MR) is 84.7 cm³/mol. The molecule has 1 rings (SSSR count). The van der Waals surface area contributed by atoms with Crippen molar-refractivity contribution in [2.24, 2.45) is 0 Å². The van der Waals surface area contributed by atoms with Crippen molar-refractivity contribution in [1.29, 1.82) is 0 Å². The number of carbonyl (C=O) groups is 1. The second kappa shape index (κ2) is 8.49. The minimum Gasteiger partial charge on any atom is -0.465 e. The molecule has 0 aliphatic rings. The van der Waals surface area contributed by atoms with Crippen molar-refractivity contribution in [3.8, 4) is 0 Å². The molecule has 0 saturated carbocycles. The highest BCUT2D eigenvalue weighted by atomic mass is 35.5. The fourth-order valence-corrected chi connectivity index (χ4v) is 2.35. The van der Waals surface area contributed by atoms with Gasteiger partial charge >= 0.3 is 5.97 Å². The molecule has 0 saturated heterocycles. The molecule has 9 nitrogen and oxygen atoms in total. The molecule has 23 heavy (non-hydrogen) atoms. The quantitative estimate of drug-likeness (QED) is 0.300. The average Bonchev–Trinajstić information content (AvgIpc) is 2.52. The van der Waals surface area contributed by atoms with Crippen LogP contribution in [0.5, 0.6) is 0 Å². The van der Waals surface area contributed by atoms with Crippen LogP contribution < -0.4 is 4.90 Å². The number of ether oxygens (including phenoxy) is 1. The highest BCUT2D eigenvalue weighted by Gasteiger charge is 2.30. The van der Waals surface area contributed by atoms with E-state index in [9.17, 15) is 25.0 Å². The largest absolute Gasteiger partial charge is 0.465 e. The zero-order chi connectivity index (χ0) is 17.6. The topological polar surface area (TPSA) is 116 Å². The van der Waals surface area contributed by atoms with Crippen LogP contribution in [0.4, 0.5) is 17.1 Å². The van der Waals surface area contributed by atoms with Crippen molar-refractivity contribution >= 4 is 46.2 Å². The molecule has 0 fully saturated rings. The van der Waals surface area contributed by atoms with E-state index < -0.39 is 27.2 Å². The third-order valence-corrected chi connectivity index (χ3v) is 3.28. The van der Waals surface area contributed by atoms with Crippen LogP contribution in [-0.2, 0) is 4.74 Å². The van der Waals surface area contributed by atoms with Gasteiger partial charge in [0.05, 0.1) is 23.0 Å². The first-order chi connectivity index (χ1) is 10.9. The summed E-state index contributed by atoms with van der Waals surface area (Å²) in [7, 11) is 1.06. The van der Waals surface area contributed by atoms with Crippen LogP contribution in [-0.4, -0.2) is 47.8 Å². The number of hydrogen-bond donors (Lipinski definition) is 0. The molecule has 0 atom stereocenters. The number of esters is 1. The summed E-state index contributed by atoms with van der Waals surface area (Å²) in [5.41, 5.74) is -1.59. The smallest absolute Gasteiger partial charge is 0.344 e. The van der Waals surface area contributed by atoms with Gasteiger partial charge in [0.1, 0.15) is 11.3 Å². The summed E-state index contributed by atoms with van der Waals surface area (Å²) in [5.74, 6) is -0.665. The number of benzene rings is 1. The molecule has 0 heterocycles. The summed E-state index contributed by atoms with van der Waals surface area (Å²) in [6.07, 6.45) is 0. The molecule has 0 radical (unpaired) electrons. The predicted octanol–water partition coefficient (Wildman–Crippen LogP) is 2.57. The summed E-state index contributed by atoms with van der Waals surface area (Å²) in [4.78, 5) is 33.9. The fraction of sp³-hybridized carbons (Fsp3) is 0.417. The van der Waals surface area contributed by atoms with E-state index in [2.05, 4.69) is 4.74 Å². The minimum absolute atomic E-state index is 0.0160. The van der Waals surface area contributed by atoms with E-state index in [1.807, 2.05) is 0 Å². The molecule has 0 amide bonds. The Labute approximate surface area is 141 Å². The maximum absolute atomic E-state index is 11.7. The van der Waals surface area contributed by atoms with Gasteiger partial charge in [0, 0.05) is 24.8 Å². The second-order valence-corrected chi connectivity index (χ2v) is 4.98. The van der Waals surface area contributed by atoms with Crippen LogP contribution in [0.15, 0.2) is 12.1 Å². The lowest BCUT2D eigenvalue weighted by atomic mass is 10.1. The fourth-order valence-electron chi connectivity index (χ4n) is 1.95. The highest BCUT2D eigenvalue weighted by molar-refractivity contribution is 6.18. The Morgan fingerprint density at radius 2 is 1.65 bits per heavy atom. The number of halogens is 2. The average molecular weight is 366 g/mol. The van der Waals surface area contributed by atoms with Crippen LogP contribution >= 0.6 is 23.2 Å². The summed E-state index contributed by atoms with van der Waals surface area (Å²) in [6.45, 7) is 0.432. The standard InChI is InChI=1S/C12H13Cl2N3O6/c1-23-12(18)8-6-10(15(4-2-13)5-3-14)11(17(21)22)7-9(8)16(19)20/h6-7H,2-5H2,1H3. The number of methoxy groups -OCH3 is 1. The molecule has 0 N–H and O–H groups in total. The molecule has 11 heteroatoms. The van der Waals surface area contributed by atoms with Crippen molar-refractivity contribution in [3.63, 3.8) is 0 Å². The first kappa shape index (κ1) is 18.9. The number of nitro groups is 2. The van der Waals surface area contributed by atoms with Gasteiger partial charge in [-0.25, -0.2) is 4.79 Å². The van der Waals surface area contributed by atoms with E-state index in [0.29, 0.717) is 0 Å². The monoisotopic (exact) mass is 365 g/mol. The summed E-state index contributed by atoms with van der Waals surface area (Å²) in [6, 6.07) is 1.79. The van der Waals surface area contributed by atoms with Crippen molar-refractivity contribution in [2.45, 2.75) is 0 Å². The molecule has 0 aliphatic heterocycles. The van der Waals surface area contributed by atoms with Gasteiger partial charge in [0.15, 0.2) is 0 Å². The van der Waals surface area contributed by atoms with E-state index in [-0.39, 0.29) is 36.1 Å². The van der Waals surface area contributed by atoms with Gasteiger partial charge in [0.25, 0.3) is 11.4 Å². The van der Waals surface area contributed by atoms with Crippen molar-refractivity contribution in [3.05, 3.63) is 37.9 Å². The third kappa shape index (κ3) is 4.42. The van der Waals surface area contributed by atoms with Crippen LogP contribution in [0.2, 0.25) is 0 Å². The lowest BCUT2D eigenvalue weighted by molar-refractivity contribution is -0.393. The molecule has 0 aliphatic carbocycles. The number of nitro benzene ring substituents is 2. The van der Waals surface area contributed by atoms with Gasteiger partial charge in [-0.3, -0.25) is 20.2 Å². The van der Waals surface area contributed by atoms with Gasteiger partial charge in [-0.2, -0.15) is 0 Å². The van der Waals surface area contributed by atoms with E-state index >= 15 is 0 Å². The molecule has 126 valence electrons. The van der Waals surface area contributed by atoms with Crippen LogP contribution in [0.25, 0.3) is 0 Å². The Morgan fingerprint density at radius 3 is 2.04 bits per heavy atom. The Kier molecular flexibility index (Phi) is 6.98. The minimum atomic E-state index is -0.968.